The van der Waals surface area contributed by atoms with Gasteiger partial charge in [0.1, 0.15) is 11.3 Å². The fourth-order valence-corrected chi connectivity index (χ4v) is 4.82. The van der Waals surface area contributed by atoms with Crippen LogP contribution in [0.1, 0.15) is 0 Å². The van der Waals surface area contributed by atoms with E-state index in [1.165, 1.54) is 11.4 Å². The second-order valence-corrected chi connectivity index (χ2v) is 10.3. The predicted molar refractivity (Wildman–Crippen MR) is 152 cm³/mol. The number of ether oxygens (including phenoxy) is 1. The fourth-order valence-electron chi connectivity index (χ4n) is 4.37. The molecule has 0 bridgehead atoms. The molecule has 11 nitrogen and oxygen atoms in total. The number of piperazine rings is 1. The first-order valence-electron chi connectivity index (χ1n) is 12.1. The van der Waals surface area contributed by atoms with E-state index in [0.29, 0.717) is 70.7 Å². The standard InChI is InChI=1S/C26H26ClN7O4S/c1-32(39(36)37)22-5-3-2-4-19(22)20-10-11-21-24(29-20)25(31-26(28)30-21)34-14-12-33(13-15-34)23(35)16-38-18-8-6-17(27)7-9-18/h2-11H,12-16H2,1H3,(H,36,37)(H2,28,30,31). The van der Waals surface area contributed by atoms with E-state index in [-0.39, 0.29) is 18.5 Å². The average Bonchev–Trinajstić information content (AvgIpc) is 2.95. The molecule has 1 fully saturated rings. The first-order chi connectivity index (χ1) is 18.8. The zero-order chi connectivity index (χ0) is 27.5. The van der Waals surface area contributed by atoms with Crippen LogP contribution >= 0.6 is 11.6 Å². The fraction of sp³-hybridized carbons (Fsp3) is 0.231. The van der Waals surface area contributed by atoms with Crippen molar-refractivity contribution in [2.24, 2.45) is 0 Å². The number of hydrogen-bond acceptors (Lipinski definition) is 8. The number of carbonyl (C=O) groups is 1. The number of fused-ring (bicyclic) bond motifs is 1. The molecule has 1 atom stereocenters. The van der Waals surface area contributed by atoms with Crippen LogP contribution < -0.4 is 19.7 Å². The zero-order valence-electron chi connectivity index (χ0n) is 21.0. The Bertz CT molecular complexity index is 1530. The van der Waals surface area contributed by atoms with E-state index >= 15 is 0 Å². The van der Waals surface area contributed by atoms with Crippen molar-refractivity contribution in [2.45, 2.75) is 0 Å². The van der Waals surface area contributed by atoms with Gasteiger partial charge in [0.25, 0.3) is 17.2 Å². The van der Waals surface area contributed by atoms with Gasteiger partial charge in [-0.15, -0.1) is 0 Å². The minimum atomic E-state index is -2.20. The summed E-state index contributed by atoms with van der Waals surface area (Å²) in [6.07, 6.45) is 0. The monoisotopic (exact) mass is 567 g/mol. The highest BCUT2D eigenvalue weighted by molar-refractivity contribution is 7.80. The minimum Gasteiger partial charge on any atom is -0.484 e. The van der Waals surface area contributed by atoms with Crippen molar-refractivity contribution in [3.8, 4) is 17.0 Å². The lowest BCUT2D eigenvalue weighted by Gasteiger charge is -2.35. The molecule has 1 unspecified atom stereocenters. The van der Waals surface area contributed by atoms with Crippen molar-refractivity contribution in [1.82, 2.24) is 19.9 Å². The number of rotatable bonds is 7. The molecule has 2 aromatic carbocycles. The maximum atomic E-state index is 12.7. The first-order valence-corrected chi connectivity index (χ1v) is 13.5. The molecular weight excluding hydrogens is 542 g/mol. The van der Waals surface area contributed by atoms with Crippen LogP contribution in [0.15, 0.2) is 60.7 Å². The predicted octanol–water partition coefficient (Wildman–Crippen LogP) is 3.23. The third-order valence-corrected chi connectivity index (χ3v) is 7.32. The van der Waals surface area contributed by atoms with E-state index in [0.717, 1.165) is 0 Å². The molecule has 1 saturated heterocycles. The van der Waals surface area contributed by atoms with Gasteiger partial charge in [-0.05, 0) is 42.5 Å². The highest BCUT2D eigenvalue weighted by Gasteiger charge is 2.25. The number of nitrogens with zero attached hydrogens (tertiary/aromatic N) is 6. The largest absolute Gasteiger partial charge is 0.484 e. The summed E-state index contributed by atoms with van der Waals surface area (Å²) < 4.78 is 28.2. The van der Waals surface area contributed by atoms with Gasteiger partial charge in [-0.1, -0.05) is 29.8 Å². The third-order valence-electron chi connectivity index (χ3n) is 6.40. The molecule has 4 aromatic rings. The minimum absolute atomic E-state index is 0.0670. The highest BCUT2D eigenvalue weighted by Crippen LogP contribution is 2.32. The Morgan fingerprint density at radius 1 is 1.05 bits per heavy atom. The van der Waals surface area contributed by atoms with E-state index in [2.05, 4.69) is 9.97 Å². The summed E-state index contributed by atoms with van der Waals surface area (Å²) >= 11 is 3.70. The van der Waals surface area contributed by atoms with Crippen molar-refractivity contribution in [2.75, 3.05) is 54.8 Å². The molecule has 2 aromatic heterocycles. The van der Waals surface area contributed by atoms with Gasteiger partial charge >= 0.3 is 0 Å². The number of amides is 1. The third kappa shape index (κ3) is 5.87. The molecule has 5 rings (SSSR count). The summed E-state index contributed by atoms with van der Waals surface area (Å²) in [5.41, 5.74) is 8.98. The molecule has 0 spiro atoms. The molecule has 13 heteroatoms. The van der Waals surface area contributed by atoms with E-state index in [1.807, 2.05) is 17.0 Å². The lowest BCUT2D eigenvalue weighted by molar-refractivity contribution is -0.133. The van der Waals surface area contributed by atoms with Gasteiger partial charge in [-0.2, -0.15) is 4.98 Å². The number of aromatic nitrogens is 3. The second kappa shape index (κ2) is 11.4. The van der Waals surface area contributed by atoms with Gasteiger partial charge in [0, 0.05) is 43.8 Å². The molecule has 1 aliphatic heterocycles. The van der Waals surface area contributed by atoms with Gasteiger partial charge in [0.05, 0.1) is 16.9 Å². The maximum absolute atomic E-state index is 12.7. The molecule has 3 heterocycles. The quantitative estimate of drug-likeness (QED) is 0.322. The zero-order valence-corrected chi connectivity index (χ0v) is 22.6. The van der Waals surface area contributed by atoms with E-state index < -0.39 is 11.3 Å². The molecule has 1 aliphatic rings. The Kier molecular flexibility index (Phi) is 7.77. The van der Waals surface area contributed by atoms with Crippen molar-refractivity contribution in [3.05, 3.63) is 65.7 Å². The van der Waals surface area contributed by atoms with E-state index in [1.54, 1.807) is 53.4 Å². The van der Waals surface area contributed by atoms with Crippen LogP contribution in [-0.2, 0) is 16.1 Å². The van der Waals surface area contributed by atoms with E-state index in [4.69, 9.17) is 27.1 Å². The van der Waals surface area contributed by atoms with Crippen LogP contribution in [0.5, 0.6) is 5.75 Å². The summed E-state index contributed by atoms with van der Waals surface area (Å²) in [7, 11) is 1.53. The number of nitrogens with two attached hydrogens (primary N) is 1. The summed E-state index contributed by atoms with van der Waals surface area (Å²) in [5.74, 6) is 1.16. The molecule has 1 amide bonds. The Morgan fingerprint density at radius 2 is 1.77 bits per heavy atom. The summed E-state index contributed by atoms with van der Waals surface area (Å²) in [5, 5.41) is 0.599. The molecule has 39 heavy (non-hydrogen) atoms. The molecule has 0 saturated carbocycles. The van der Waals surface area contributed by atoms with Crippen LogP contribution in [0.4, 0.5) is 17.5 Å². The second-order valence-electron chi connectivity index (χ2n) is 8.83. The van der Waals surface area contributed by atoms with Crippen LogP contribution in [0.3, 0.4) is 0 Å². The number of nitrogen functional groups attached to an aromatic ring is 1. The number of hydrogen-bond donors (Lipinski definition) is 2. The van der Waals surface area contributed by atoms with Gasteiger partial charge in [-0.3, -0.25) is 13.7 Å². The molecule has 3 N–H and O–H groups in total. The topological polar surface area (TPSA) is 138 Å². The van der Waals surface area contributed by atoms with Crippen molar-refractivity contribution >= 4 is 57.3 Å². The van der Waals surface area contributed by atoms with Crippen LogP contribution in [-0.4, -0.2) is 74.4 Å². The van der Waals surface area contributed by atoms with Crippen LogP contribution in [0.2, 0.25) is 5.02 Å². The summed E-state index contributed by atoms with van der Waals surface area (Å²) in [6, 6.07) is 17.7. The number of carbonyl (C=O) groups excluding carboxylic acids is 1. The van der Waals surface area contributed by atoms with Gasteiger partial charge < -0.3 is 20.3 Å². The number of benzene rings is 2. The van der Waals surface area contributed by atoms with Crippen LogP contribution in [0, 0.1) is 0 Å². The highest BCUT2D eigenvalue weighted by atomic mass is 35.5. The SMILES string of the molecule is CN(c1ccccc1-c1ccc2nc(N)nc(N3CCN(C(=O)COc4ccc(Cl)cc4)CC3)c2n1)S(=O)O. The molecule has 0 radical (unpaired) electrons. The smallest absolute Gasteiger partial charge is 0.261 e. The first kappa shape index (κ1) is 26.6. The van der Waals surface area contributed by atoms with Gasteiger partial charge in [-0.25, -0.2) is 14.2 Å². The van der Waals surface area contributed by atoms with Crippen molar-refractivity contribution in [3.63, 3.8) is 0 Å². The maximum Gasteiger partial charge on any atom is 0.261 e. The van der Waals surface area contributed by atoms with E-state index in [9.17, 15) is 13.6 Å². The van der Waals surface area contributed by atoms with Crippen molar-refractivity contribution in [1.29, 1.82) is 0 Å². The normalized spacial score (nSPS) is 14.3. The number of anilines is 3. The Hall–Kier alpha value is -4.00. The average molecular weight is 568 g/mol. The number of para-hydroxylation sites is 1. The number of halogens is 1. The molecular formula is C26H26ClN7O4S. The molecule has 202 valence electrons. The lowest BCUT2D eigenvalue weighted by atomic mass is 10.1. The molecule has 0 aliphatic carbocycles. The Morgan fingerprint density at radius 3 is 2.49 bits per heavy atom. The Labute approximate surface area is 232 Å². The summed E-state index contributed by atoms with van der Waals surface area (Å²) in [6.45, 7) is 1.93. The van der Waals surface area contributed by atoms with Crippen LogP contribution in [0.25, 0.3) is 22.3 Å². The summed E-state index contributed by atoms with van der Waals surface area (Å²) in [4.78, 5) is 30.2. The van der Waals surface area contributed by atoms with Crippen molar-refractivity contribution < 1.29 is 18.3 Å². The number of pyridine rings is 1. The van der Waals surface area contributed by atoms with Gasteiger partial charge in [0.2, 0.25) is 5.95 Å². The lowest BCUT2D eigenvalue weighted by Crippen LogP contribution is -2.50. The Balaban J connectivity index is 1.35. The van der Waals surface area contributed by atoms with Gasteiger partial charge in [0.15, 0.2) is 12.4 Å².